The first-order valence-corrected chi connectivity index (χ1v) is 10.1. The van der Waals surface area contributed by atoms with Gasteiger partial charge in [0.05, 0.1) is 7.11 Å². The number of nitrogens with one attached hydrogen (secondary N) is 1. The van der Waals surface area contributed by atoms with Crippen molar-refractivity contribution in [2.45, 2.75) is 51.0 Å². The molecular formula is C21H31N3O3. The van der Waals surface area contributed by atoms with Crippen molar-refractivity contribution < 1.29 is 14.3 Å². The van der Waals surface area contributed by atoms with E-state index in [2.05, 4.69) is 5.32 Å². The van der Waals surface area contributed by atoms with Gasteiger partial charge in [0.1, 0.15) is 5.75 Å². The average molecular weight is 373 g/mol. The number of hydrogen-bond donors (Lipinski definition) is 1. The highest BCUT2D eigenvalue weighted by Crippen LogP contribution is 2.21. The fourth-order valence-electron chi connectivity index (χ4n) is 4.02. The van der Waals surface area contributed by atoms with Crippen LogP contribution in [-0.2, 0) is 11.2 Å². The van der Waals surface area contributed by atoms with Gasteiger partial charge in [-0.05, 0) is 56.2 Å². The van der Waals surface area contributed by atoms with E-state index in [4.69, 9.17) is 4.74 Å². The van der Waals surface area contributed by atoms with E-state index in [1.54, 1.807) is 7.11 Å². The topological polar surface area (TPSA) is 61.9 Å². The molecule has 1 aromatic rings. The van der Waals surface area contributed by atoms with Gasteiger partial charge in [0.15, 0.2) is 0 Å². The summed E-state index contributed by atoms with van der Waals surface area (Å²) in [5.74, 6) is 1.11. The van der Waals surface area contributed by atoms with E-state index in [9.17, 15) is 9.59 Å². The molecule has 2 fully saturated rings. The van der Waals surface area contributed by atoms with Crippen LogP contribution in [0.3, 0.4) is 0 Å². The largest absolute Gasteiger partial charge is 0.497 e. The number of hydrogen-bond acceptors (Lipinski definition) is 3. The molecule has 0 radical (unpaired) electrons. The average Bonchev–Trinajstić information content (AvgIpc) is 3.12. The molecule has 2 aliphatic rings. The van der Waals surface area contributed by atoms with Gasteiger partial charge in [-0.25, -0.2) is 4.79 Å². The van der Waals surface area contributed by atoms with E-state index < -0.39 is 0 Å². The Kier molecular flexibility index (Phi) is 6.96. The number of carbonyl (C=O) groups excluding carboxylic acids is 2. The molecular weight excluding hydrogens is 342 g/mol. The number of rotatable bonds is 7. The zero-order chi connectivity index (χ0) is 19.1. The second kappa shape index (κ2) is 9.62. The third kappa shape index (κ3) is 5.37. The van der Waals surface area contributed by atoms with E-state index >= 15 is 0 Å². The number of amides is 3. The minimum Gasteiger partial charge on any atom is -0.497 e. The second-order valence-electron chi connectivity index (χ2n) is 7.45. The Morgan fingerprint density at radius 3 is 2.70 bits per heavy atom. The van der Waals surface area contributed by atoms with Gasteiger partial charge in [-0.15, -0.1) is 0 Å². The van der Waals surface area contributed by atoms with E-state index in [0.29, 0.717) is 13.0 Å². The quantitative estimate of drug-likeness (QED) is 0.799. The van der Waals surface area contributed by atoms with E-state index in [-0.39, 0.29) is 18.0 Å². The number of urea groups is 1. The first kappa shape index (κ1) is 19.5. The lowest BCUT2D eigenvalue weighted by molar-refractivity contribution is -0.127. The van der Waals surface area contributed by atoms with Gasteiger partial charge >= 0.3 is 6.03 Å². The van der Waals surface area contributed by atoms with Crippen molar-refractivity contribution in [2.75, 3.05) is 33.3 Å². The first-order valence-electron chi connectivity index (χ1n) is 10.1. The van der Waals surface area contributed by atoms with Crippen molar-refractivity contribution in [3.8, 4) is 5.75 Å². The Morgan fingerprint density at radius 1 is 1.19 bits per heavy atom. The second-order valence-corrected chi connectivity index (χ2v) is 7.45. The van der Waals surface area contributed by atoms with Crippen molar-refractivity contribution in [3.63, 3.8) is 0 Å². The number of ether oxygens (including phenoxy) is 1. The van der Waals surface area contributed by atoms with Gasteiger partial charge in [0.25, 0.3) is 0 Å². The standard InChI is InChI=1S/C21H31N3O3/c1-27-19-9-7-17(8-10-19)11-13-22-21(26)24-15-3-2-5-18(24)12-16-23-14-4-6-20(23)25/h7-10,18H,2-6,11-16H2,1H3,(H,22,26). The van der Waals surface area contributed by atoms with E-state index in [0.717, 1.165) is 63.9 Å². The van der Waals surface area contributed by atoms with Gasteiger partial charge in [-0.1, -0.05) is 12.1 Å². The molecule has 2 saturated heterocycles. The Hall–Kier alpha value is -2.24. The van der Waals surface area contributed by atoms with Crippen molar-refractivity contribution >= 4 is 11.9 Å². The lowest BCUT2D eigenvalue weighted by atomic mass is 9.99. The van der Waals surface area contributed by atoms with Crippen LogP contribution < -0.4 is 10.1 Å². The van der Waals surface area contributed by atoms with Crippen LogP contribution in [0.25, 0.3) is 0 Å². The van der Waals surface area contributed by atoms with E-state index in [1.165, 1.54) is 5.56 Å². The normalized spacial score (nSPS) is 20.0. The van der Waals surface area contributed by atoms with Crippen LogP contribution in [0.4, 0.5) is 4.79 Å². The monoisotopic (exact) mass is 373 g/mol. The summed E-state index contributed by atoms with van der Waals surface area (Å²) < 4.78 is 5.17. The van der Waals surface area contributed by atoms with Crippen LogP contribution in [0, 0.1) is 0 Å². The Morgan fingerprint density at radius 2 is 2.00 bits per heavy atom. The van der Waals surface area contributed by atoms with Crippen molar-refractivity contribution in [1.29, 1.82) is 0 Å². The Bertz CT molecular complexity index is 632. The molecule has 0 aromatic heterocycles. The number of benzene rings is 1. The molecule has 0 spiro atoms. The molecule has 0 saturated carbocycles. The summed E-state index contributed by atoms with van der Waals surface area (Å²) >= 11 is 0. The third-order valence-corrected chi connectivity index (χ3v) is 5.64. The summed E-state index contributed by atoms with van der Waals surface area (Å²) in [5, 5.41) is 3.07. The maximum Gasteiger partial charge on any atom is 0.317 e. The van der Waals surface area contributed by atoms with Crippen molar-refractivity contribution in [3.05, 3.63) is 29.8 Å². The maximum absolute atomic E-state index is 12.7. The lowest BCUT2D eigenvalue weighted by Crippen LogP contribution is -2.50. The Balaban J connectivity index is 1.45. The summed E-state index contributed by atoms with van der Waals surface area (Å²) in [5.41, 5.74) is 1.18. The highest BCUT2D eigenvalue weighted by Gasteiger charge is 2.28. The van der Waals surface area contributed by atoms with Gasteiger partial charge in [-0.2, -0.15) is 0 Å². The molecule has 3 amide bonds. The van der Waals surface area contributed by atoms with Crippen LogP contribution in [0.2, 0.25) is 0 Å². The van der Waals surface area contributed by atoms with Crippen LogP contribution in [0.1, 0.15) is 44.1 Å². The molecule has 2 aliphatic heterocycles. The van der Waals surface area contributed by atoms with Crippen LogP contribution >= 0.6 is 0 Å². The maximum atomic E-state index is 12.7. The molecule has 148 valence electrons. The number of methoxy groups -OCH3 is 1. The molecule has 1 unspecified atom stereocenters. The minimum absolute atomic E-state index is 0.0287. The fraction of sp³-hybridized carbons (Fsp3) is 0.619. The molecule has 0 aliphatic carbocycles. The fourth-order valence-corrected chi connectivity index (χ4v) is 4.02. The number of carbonyl (C=O) groups is 2. The zero-order valence-electron chi connectivity index (χ0n) is 16.3. The number of piperidine rings is 1. The molecule has 6 heteroatoms. The molecule has 1 aromatic carbocycles. The van der Waals surface area contributed by atoms with Gasteiger partial charge < -0.3 is 19.9 Å². The number of nitrogens with zero attached hydrogens (tertiary/aromatic N) is 2. The van der Waals surface area contributed by atoms with E-state index in [1.807, 2.05) is 34.1 Å². The molecule has 1 N–H and O–H groups in total. The highest BCUT2D eigenvalue weighted by molar-refractivity contribution is 5.78. The summed E-state index contributed by atoms with van der Waals surface area (Å²) in [7, 11) is 1.66. The third-order valence-electron chi connectivity index (χ3n) is 5.64. The summed E-state index contributed by atoms with van der Waals surface area (Å²) in [4.78, 5) is 28.4. The van der Waals surface area contributed by atoms with Crippen molar-refractivity contribution in [2.24, 2.45) is 0 Å². The predicted molar refractivity (Wildman–Crippen MR) is 105 cm³/mol. The molecule has 6 nitrogen and oxygen atoms in total. The first-order chi connectivity index (χ1) is 13.2. The molecule has 2 heterocycles. The highest BCUT2D eigenvalue weighted by atomic mass is 16.5. The molecule has 0 bridgehead atoms. The van der Waals surface area contributed by atoms with Crippen molar-refractivity contribution in [1.82, 2.24) is 15.1 Å². The minimum atomic E-state index is 0.0287. The number of likely N-dealkylation sites (tertiary alicyclic amines) is 2. The Labute approximate surface area is 161 Å². The zero-order valence-corrected chi connectivity index (χ0v) is 16.3. The van der Waals surface area contributed by atoms with Gasteiger partial charge in [0.2, 0.25) is 5.91 Å². The molecule has 27 heavy (non-hydrogen) atoms. The van der Waals surface area contributed by atoms with Gasteiger partial charge in [0, 0.05) is 38.6 Å². The SMILES string of the molecule is COc1ccc(CCNC(=O)N2CCCCC2CCN2CCCC2=O)cc1. The molecule has 3 rings (SSSR count). The summed E-state index contributed by atoms with van der Waals surface area (Å²) in [6, 6.07) is 8.22. The predicted octanol–water partition coefficient (Wildman–Crippen LogP) is 2.81. The van der Waals surface area contributed by atoms with Crippen LogP contribution in [0.15, 0.2) is 24.3 Å². The summed E-state index contributed by atoms with van der Waals surface area (Å²) in [6.45, 7) is 3.09. The summed E-state index contributed by atoms with van der Waals surface area (Å²) in [6.07, 6.45) is 6.60. The van der Waals surface area contributed by atoms with Crippen LogP contribution in [0.5, 0.6) is 5.75 Å². The van der Waals surface area contributed by atoms with Gasteiger partial charge in [-0.3, -0.25) is 4.79 Å². The lowest BCUT2D eigenvalue weighted by Gasteiger charge is -2.36. The van der Waals surface area contributed by atoms with Crippen LogP contribution in [-0.4, -0.2) is 61.1 Å². The molecule has 1 atom stereocenters. The smallest absolute Gasteiger partial charge is 0.317 e.